The zero-order valence-corrected chi connectivity index (χ0v) is 17.1. The molecule has 1 N–H and O–H groups in total. The lowest BCUT2D eigenvalue weighted by Gasteiger charge is -2.15. The molecule has 4 nitrogen and oxygen atoms in total. The molecule has 1 aliphatic rings. The topological polar surface area (TPSA) is 49.4 Å². The van der Waals surface area contributed by atoms with Crippen LogP contribution in [-0.2, 0) is 9.59 Å². The fraction of sp³-hybridized carbons (Fsp3) is 0.0833. The summed E-state index contributed by atoms with van der Waals surface area (Å²) in [4.78, 5) is 27.7. The predicted molar refractivity (Wildman–Crippen MR) is 117 cm³/mol. The van der Waals surface area contributed by atoms with E-state index in [0.717, 1.165) is 16.0 Å². The summed E-state index contributed by atoms with van der Waals surface area (Å²) in [6, 6.07) is 17.8. The summed E-state index contributed by atoms with van der Waals surface area (Å²) in [6.07, 6.45) is 0. The van der Waals surface area contributed by atoms with Crippen molar-refractivity contribution in [2.24, 2.45) is 0 Å². The molecule has 150 valence electrons. The molecule has 0 bridgehead atoms. The maximum absolute atomic E-state index is 13.7. The first-order valence-corrected chi connectivity index (χ1v) is 9.72. The standard InChI is InChI=1S/C24H18ClFN2O2/c1-14-6-7-16(12-15(14)2)21-22(27-19-5-3-4-18(26)13-19)24(30)28(23(21)29)20-10-8-17(25)9-11-20/h3-13,27H,1-2H3. The van der Waals surface area contributed by atoms with Crippen LogP contribution in [0.1, 0.15) is 16.7 Å². The minimum absolute atomic E-state index is 0.101. The van der Waals surface area contributed by atoms with Crippen LogP contribution in [0.4, 0.5) is 15.8 Å². The molecule has 0 fully saturated rings. The van der Waals surface area contributed by atoms with Gasteiger partial charge >= 0.3 is 0 Å². The van der Waals surface area contributed by atoms with Gasteiger partial charge in [0, 0.05) is 10.7 Å². The largest absolute Gasteiger partial charge is 0.350 e. The summed E-state index contributed by atoms with van der Waals surface area (Å²) >= 11 is 5.95. The van der Waals surface area contributed by atoms with Crippen molar-refractivity contribution in [2.75, 3.05) is 10.2 Å². The maximum atomic E-state index is 13.7. The highest BCUT2D eigenvalue weighted by Gasteiger charge is 2.40. The summed E-state index contributed by atoms with van der Waals surface area (Å²) in [5.74, 6) is -1.41. The molecule has 0 saturated carbocycles. The first-order valence-electron chi connectivity index (χ1n) is 9.34. The molecule has 0 unspecified atom stereocenters. The third kappa shape index (κ3) is 3.60. The summed E-state index contributed by atoms with van der Waals surface area (Å²) in [5, 5.41) is 3.46. The second-order valence-electron chi connectivity index (χ2n) is 7.11. The Kier molecular flexibility index (Phi) is 5.14. The maximum Gasteiger partial charge on any atom is 0.282 e. The Morgan fingerprint density at radius 3 is 2.27 bits per heavy atom. The summed E-state index contributed by atoms with van der Waals surface area (Å²) in [7, 11) is 0. The molecule has 0 aromatic heterocycles. The Labute approximate surface area is 178 Å². The molecular formula is C24H18ClFN2O2. The zero-order chi connectivity index (χ0) is 21.4. The third-order valence-electron chi connectivity index (χ3n) is 5.06. The van der Waals surface area contributed by atoms with Crippen LogP contribution in [0.2, 0.25) is 5.02 Å². The average Bonchev–Trinajstić information content (AvgIpc) is 2.95. The van der Waals surface area contributed by atoms with Gasteiger partial charge in [-0.1, -0.05) is 35.9 Å². The van der Waals surface area contributed by atoms with Crippen molar-refractivity contribution in [3.8, 4) is 0 Å². The quantitative estimate of drug-likeness (QED) is 0.567. The zero-order valence-electron chi connectivity index (χ0n) is 16.4. The fourth-order valence-electron chi connectivity index (χ4n) is 3.35. The molecule has 30 heavy (non-hydrogen) atoms. The van der Waals surface area contributed by atoms with Gasteiger partial charge in [0.2, 0.25) is 0 Å². The lowest BCUT2D eigenvalue weighted by atomic mass is 9.99. The molecular weight excluding hydrogens is 403 g/mol. The number of imide groups is 1. The molecule has 0 aliphatic carbocycles. The molecule has 2 amide bonds. The van der Waals surface area contributed by atoms with Crippen LogP contribution < -0.4 is 10.2 Å². The molecule has 1 aliphatic heterocycles. The molecule has 4 rings (SSSR count). The highest BCUT2D eigenvalue weighted by molar-refractivity contribution is 6.46. The Morgan fingerprint density at radius 2 is 1.60 bits per heavy atom. The number of carbonyl (C=O) groups is 2. The number of anilines is 2. The van der Waals surface area contributed by atoms with Crippen molar-refractivity contribution in [3.63, 3.8) is 0 Å². The number of hydrogen-bond acceptors (Lipinski definition) is 3. The van der Waals surface area contributed by atoms with Gasteiger partial charge in [-0.2, -0.15) is 0 Å². The average molecular weight is 421 g/mol. The van der Waals surface area contributed by atoms with E-state index in [-0.39, 0.29) is 11.3 Å². The van der Waals surface area contributed by atoms with Crippen LogP contribution in [0, 0.1) is 19.7 Å². The number of benzene rings is 3. The van der Waals surface area contributed by atoms with Gasteiger partial charge in [0.05, 0.1) is 11.3 Å². The Hall–Kier alpha value is -3.44. The minimum atomic E-state index is -0.514. The van der Waals surface area contributed by atoms with E-state index in [0.29, 0.717) is 22.0 Å². The van der Waals surface area contributed by atoms with E-state index in [9.17, 15) is 14.0 Å². The van der Waals surface area contributed by atoms with Gasteiger partial charge in [-0.15, -0.1) is 0 Å². The summed E-state index contributed by atoms with van der Waals surface area (Å²) in [6.45, 7) is 3.91. The van der Waals surface area contributed by atoms with Crippen LogP contribution in [0.25, 0.3) is 5.57 Å². The first-order chi connectivity index (χ1) is 14.3. The van der Waals surface area contributed by atoms with Crippen molar-refractivity contribution in [2.45, 2.75) is 13.8 Å². The monoisotopic (exact) mass is 420 g/mol. The van der Waals surface area contributed by atoms with Gasteiger partial charge in [0.25, 0.3) is 11.8 Å². The van der Waals surface area contributed by atoms with Gasteiger partial charge in [-0.3, -0.25) is 9.59 Å². The molecule has 3 aromatic rings. The molecule has 0 spiro atoms. The van der Waals surface area contributed by atoms with E-state index in [1.54, 1.807) is 30.3 Å². The SMILES string of the molecule is Cc1ccc(C2=C(Nc3cccc(F)c3)C(=O)N(c3ccc(Cl)cc3)C2=O)cc1C. The van der Waals surface area contributed by atoms with Gasteiger partial charge in [0.15, 0.2) is 0 Å². The Bertz CT molecular complexity index is 1200. The number of carbonyl (C=O) groups excluding carboxylic acids is 2. The van der Waals surface area contributed by atoms with Crippen molar-refractivity contribution in [3.05, 3.63) is 100.0 Å². The minimum Gasteiger partial charge on any atom is -0.350 e. The highest BCUT2D eigenvalue weighted by Crippen LogP contribution is 2.34. The number of rotatable bonds is 4. The Morgan fingerprint density at radius 1 is 0.867 bits per heavy atom. The first kappa shape index (κ1) is 19.9. The van der Waals surface area contributed by atoms with Crippen LogP contribution in [0.15, 0.2) is 72.4 Å². The molecule has 6 heteroatoms. The number of aryl methyl sites for hydroxylation is 2. The van der Waals surface area contributed by atoms with Crippen LogP contribution in [0.3, 0.4) is 0 Å². The second-order valence-corrected chi connectivity index (χ2v) is 7.54. The molecule has 0 atom stereocenters. The molecule has 1 heterocycles. The van der Waals surface area contributed by atoms with E-state index in [1.165, 1.54) is 18.2 Å². The van der Waals surface area contributed by atoms with Crippen LogP contribution in [0.5, 0.6) is 0 Å². The Balaban J connectivity index is 1.84. The van der Waals surface area contributed by atoms with Crippen LogP contribution >= 0.6 is 11.6 Å². The number of amides is 2. The second kappa shape index (κ2) is 7.76. The number of nitrogens with one attached hydrogen (secondary N) is 1. The fourth-order valence-corrected chi connectivity index (χ4v) is 3.47. The van der Waals surface area contributed by atoms with Gasteiger partial charge in [-0.25, -0.2) is 9.29 Å². The smallest absolute Gasteiger partial charge is 0.282 e. The predicted octanol–water partition coefficient (Wildman–Crippen LogP) is 5.49. The van der Waals surface area contributed by atoms with E-state index >= 15 is 0 Å². The molecule has 0 saturated heterocycles. The van der Waals surface area contributed by atoms with Crippen LogP contribution in [-0.4, -0.2) is 11.8 Å². The van der Waals surface area contributed by atoms with Crippen molar-refractivity contribution < 1.29 is 14.0 Å². The lowest BCUT2D eigenvalue weighted by molar-refractivity contribution is -0.120. The van der Waals surface area contributed by atoms with E-state index in [4.69, 9.17) is 11.6 Å². The van der Waals surface area contributed by atoms with E-state index < -0.39 is 17.6 Å². The highest BCUT2D eigenvalue weighted by atomic mass is 35.5. The van der Waals surface area contributed by atoms with Gasteiger partial charge < -0.3 is 5.32 Å². The summed E-state index contributed by atoms with van der Waals surface area (Å²) in [5.41, 5.74) is 3.82. The normalized spacial score (nSPS) is 13.9. The van der Waals surface area contributed by atoms with Crippen molar-refractivity contribution in [1.82, 2.24) is 0 Å². The van der Waals surface area contributed by atoms with Crippen molar-refractivity contribution >= 4 is 40.4 Å². The molecule has 3 aromatic carbocycles. The van der Waals surface area contributed by atoms with E-state index in [2.05, 4.69) is 5.32 Å². The van der Waals surface area contributed by atoms with Gasteiger partial charge in [0.1, 0.15) is 11.5 Å². The van der Waals surface area contributed by atoms with Gasteiger partial charge in [-0.05, 0) is 73.0 Å². The van der Waals surface area contributed by atoms with Crippen molar-refractivity contribution in [1.29, 1.82) is 0 Å². The molecule has 0 radical (unpaired) electrons. The number of nitrogens with zero attached hydrogens (tertiary/aromatic N) is 1. The third-order valence-corrected chi connectivity index (χ3v) is 5.31. The lowest BCUT2D eigenvalue weighted by Crippen LogP contribution is -2.32. The number of hydrogen-bond donors (Lipinski definition) is 1. The summed E-state index contributed by atoms with van der Waals surface area (Å²) < 4.78 is 13.7. The number of halogens is 2. The van der Waals surface area contributed by atoms with E-state index in [1.807, 2.05) is 32.0 Å².